The van der Waals surface area contributed by atoms with Crippen molar-refractivity contribution in [1.82, 2.24) is 10.9 Å². The maximum atomic E-state index is 14.5. The molecule has 0 saturated carbocycles. The van der Waals surface area contributed by atoms with Crippen LogP contribution in [0.3, 0.4) is 0 Å². The average molecular weight is 731 g/mol. The highest BCUT2D eigenvalue weighted by atomic mass is 79.9. The van der Waals surface area contributed by atoms with Gasteiger partial charge in [-0.05, 0) is 47.5 Å². The molecule has 0 aromatic heterocycles. The second-order valence-corrected chi connectivity index (χ2v) is 12.1. The summed E-state index contributed by atoms with van der Waals surface area (Å²) in [5, 5.41) is 9.09. The summed E-state index contributed by atoms with van der Waals surface area (Å²) in [7, 11) is 4.69. The van der Waals surface area contributed by atoms with Crippen molar-refractivity contribution in [3.05, 3.63) is 124 Å². The van der Waals surface area contributed by atoms with Gasteiger partial charge in [0.1, 0.15) is 23.0 Å². The van der Waals surface area contributed by atoms with Gasteiger partial charge in [0.05, 0.1) is 33.5 Å². The number of aliphatic hydroxyl groups is 1. The maximum Gasteiger partial charge on any atom is 0.266 e. The molecule has 2 atom stereocenters. The first-order chi connectivity index (χ1) is 23.9. The van der Waals surface area contributed by atoms with E-state index < -0.39 is 11.6 Å². The highest BCUT2D eigenvalue weighted by Crippen LogP contribution is 2.43. The number of ether oxygens (including phenoxy) is 5. The van der Waals surface area contributed by atoms with Crippen molar-refractivity contribution >= 4 is 33.8 Å². The Labute approximate surface area is 294 Å². The zero-order valence-corrected chi connectivity index (χ0v) is 29.2. The molecule has 1 aliphatic rings. The molecule has 11 heteroatoms. The molecule has 4 aromatic carbocycles. The zero-order valence-electron chi connectivity index (χ0n) is 27.6. The Hall–Kier alpha value is -4.84. The number of nitrogens with zero attached hydrogens (tertiary/aromatic N) is 1. The predicted molar refractivity (Wildman–Crippen MR) is 192 cm³/mol. The molecular formula is C38H40BrN3O7. The van der Waals surface area contributed by atoms with Crippen LogP contribution in [0.5, 0.6) is 23.0 Å². The van der Waals surface area contributed by atoms with E-state index in [1.54, 1.807) is 33.5 Å². The third-order valence-electron chi connectivity index (χ3n) is 8.03. The predicted octanol–water partition coefficient (Wildman–Crippen LogP) is 6.42. The summed E-state index contributed by atoms with van der Waals surface area (Å²) >= 11 is 3.52. The number of carbonyl (C=O) groups is 1. The lowest BCUT2D eigenvalue weighted by molar-refractivity contribution is -0.129. The van der Waals surface area contributed by atoms with E-state index in [-0.39, 0.29) is 25.5 Å². The van der Waals surface area contributed by atoms with Gasteiger partial charge in [-0.1, -0.05) is 70.5 Å². The quantitative estimate of drug-likeness (QED) is 0.0894. The number of rotatable bonds is 16. The smallest absolute Gasteiger partial charge is 0.266 e. The van der Waals surface area contributed by atoms with Crippen molar-refractivity contribution in [3.63, 3.8) is 0 Å². The summed E-state index contributed by atoms with van der Waals surface area (Å²) in [5.41, 5.74) is 7.76. The molecule has 0 radical (unpaired) electrons. The van der Waals surface area contributed by atoms with Crippen molar-refractivity contribution in [2.24, 2.45) is 4.99 Å². The number of benzene rings is 4. The van der Waals surface area contributed by atoms with E-state index in [9.17, 15) is 4.79 Å². The van der Waals surface area contributed by atoms with Crippen LogP contribution in [0, 0.1) is 0 Å². The molecule has 256 valence electrons. The fraction of sp³-hybridized carbons (Fsp3) is 0.263. The van der Waals surface area contributed by atoms with E-state index in [1.807, 2.05) is 91.0 Å². The summed E-state index contributed by atoms with van der Waals surface area (Å²) in [5.74, 6) is 2.26. The summed E-state index contributed by atoms with van der Waals surface area (Å²) in [4.78, 5) is 19.6. The van der Waals surface area contributed by atoms with Crippen LogP contribution in [-0.4, -0.2) is 57.0 Å². The van der Waals surface area contributed by atoms with E-state index in [1.165, 1.54) is 0 Å². The first-order valence-corrected chi connectivity index (χ1v) is 16.6. The molecule has 4 aromatic rings. The molecule has 0 spiro atoms. The van der Waals surface area contributed by atoms with Gasteiger partial charge >= 0.3 is 0 Å². The lowest BCUT2D eigenvalue weighted by Gasteiger charge is -2.30. The number of amides is 1. The van der Waals surface area contributed by atoms with Crippen LogP contribution in [0.25, 0.3) is 6.08 Å². The topological polar surface area (TPSA) is 120 Å². The normalized spacial score (nSPS) is 16.9. The molecule has 0 bridgehead atoms. The molecule has 49 heavy (non-hydrogen) atoms. The number of hydrogen-bond donors (Lipinski definition) is 3. The van der Waals surface area contributed by atoms with Crippen LogP contribution < -0.4 is 29.8 Å². The third-order valence-corrected chi connectivity index (χ3v) is 8.55. The largest absolute Gasteiger partial charge is 0.496 e. The molecule has 1 heterocycles. The minimum absolute atomic E-state index is 0.0546. The number of aliphatic hydroxyl groups excluding tert-OH is 1. The van der Waals surface area contributed by atoms with Gasteiger partial charge < -0.3 is 28.8 Å². The Kier molecular flexibility index (Phi) is 12.3. The Morgan fingerprint density at radius 3 is 2.27 bits per heavy atom. The number of hydrogen-bond acceptors (Lipinski definition) is 9. The highest BCUT2D eigenvalue weighted by molar-refractivity contribution is 9.10. The van der Waals surface area contributed by atoms with Crippen LogP contribution in [-0.2, 0) is 16.1 Å². The summed E-state index contributed by atoms with van der Waals surface area (Å²) in [6.45, 7) is 0.645. The lowest BCUT2D eigenvalue weighted by Crippen LogP contribution is -2.52. The van der Waals surface area contributed by atoms with E-state index in [2.05, 4.69) is 26.8 Å². The Morgan fingerprint density at radius 2 is 1.63 bits per heavy atom. The number of methoxy groups -OCH3 is 3. The molecule has 0 fully saturated rings. The molecule has 10 nitrogen and oxygen atoms in total. The summed E-state index contributed by atoms with van der Waals surface area (Å²) in [6.07, 6.45) is 3.93. The van der Waals surface area contributed by atoms with Gasteiger partial charge in [-0.15, -0.1) is 0 Å². The molecule has 0 aliphatic carbocycles. The summed E-state index contributed by atoms with van der Waals surface area (Å²) in [6, 6.07) is 28.4. The van der Waals surface area contributed by atoms with Crippen molar-refractivity contribution in [3.8, 4) is 23.0 Å². The number of halogens is 1. The van der Waals surface area contributed by atoms with Gasteiger partial charge in [-0.3, -0.25) is 10.2 Å². The van der Waals surface area contributed by atoms with Gasteiger partial charge in [0.15, 0.2) is 11.6 Å². The standard InChI is InChI=1S/C38H40BrN3O7/c1-45-31-23-33(46-2)32(34(24-31)47-3)25-40-42-37(44)38(20-7-11-26-9-5-4-6-10-26)35(27-12-16-29(39)17-13-27)49-36(41-38)28-14-18-30(19-15-28)48-22-8-21-43/h4-7,9-19,23-24,35,40,43H,8,20-22,25H2,1-3H3,(H,42,44)/b11-7+/t35-,38-/m0/s1. The second-order valence-electron chi connectivity index (χ2n) is 11.2. The van der Waals surface area contributed by atoms with Gasteiger partial charge in [-0.25, -0.2) is 10.4 Å². The molecule has 1 amide bonds. The zero-order chi connectivity index (χ0) is 34.6. The molecule has 0 saturated heterocycles. The molecule has 5 rings (SSSR count). The fourth-order valence-corrected chi connectivity index (χ4v) is 5.73. The van der Waals surface area contributed by atoms with Gasteiger partial charge in [-0.2, -0.15) is 0 Å². The molecule has 0 unspecified atom stereocenters. The number of hydrazine groups is 1. The van der Waals surface area contributed by atoms with Crippen LogP contribution in [0.1, 0.15) is 41.2 Å². The lowest BCUT2D eigenvalue weighted by atomic mass is 9.84. The monoisotopic (exact) mass is 729 g/mol. The Morgan fingerprint density at radius 1 is 0.939 bits per heavy atom. The number of carbonyl (C=O) groups excluding carboxylic acids is 1. The van der Waals surface area contributed by atoms with Gasteiger partial charge in [0.25, 0.3) is 5.91 Å². The van der Waals surface area contributed by atoms with E-state index in [4.69, 9.17) is 33.8 Å². The van der Waals surface area contributed by atoms with E-state index in [0.717, 1.165) is 15.6 Å². The van der Waals surface area contributed by atoms with Crippen LogP contribution >= 0.6 is 15.9 Å². The SMILES string of the molecule is COc1cc(OC)c(CNNC(=O)[C@@]2(C/C=C/c3ccccc3)N=C(c3ccc(OCCCO)cc3)O[C@H]2c2ccc(Br)cc2)c(OC)c1. The van der Waals surface area contributed by atoms with Crippen molar-refractivity contribution in [2.45, 2.75) is 31.0 Å². The van der Waals surface area contributed by atoms with E-state index in [0.29, 0.717) is 53.1 Å². The first kappa shape index (κ1) is 35.5. The summed E-state index contributed by atoms with van der Waals surface area (Å²) < 4.78 is 29.8. The third kappa shape index (κ3) is 8.61. The van der Waals surface area contributed by atoms with Crippen molar-refractivity contribution in [2.75, 3.05) is 34.5 Å². The molecule has 3 N–H and O–H groups in total. The fourth-order valence-electron chi connectivity index (χ4n) is 5.46. The van der Waals surface area contributed by atoms with Crippen LogP contribution in [0.4, 0.5) is 0 Å². The minimum atomic E-state index is -1.40. The number of nitrogens with one attached hydrogen (secondary N) is 2. The highest BCUT2D eigenvalue weighted by Gasteiger charge is 2.52. The molecular weight excluding hydrogens is 690 g/mol. The van der Waals surface area contributed by atoms with Gasteiger partial charge in [0.2, 0.25) is 5.90 Å². The minimum Gasteiger partial charge on any atom is -0.496 e. The Balaban J connectivity index is 1.50. The molecule has 1 aliphatic heterocycles. The van der Waals surface area contributed by atoms with Crippen LogP contribution in [0.2, 0.25) is 0 Å². The van der Waals surface area contributed by atoms with Gasteiger partial charge in [0, 0.05) is 48.2 Å². The second kappa shape index (κ2) is 17.0. The van der Waals surface area contributed by atoms with Crippen molar-refractivity contribution < 1.29 is 33.6 Å². The van der Waals surface area contributed by atoms with Crippen LogP contribution in [0.15, 0.2) is 107 Å². The van der Waals surface area contributed by atoms with E-state index >= 15 is 0 Å². The first-order valence-electron chi connectivity index (χ1n) is 15.8. The average Bonchev–Trinajstić information content (AvgIpc) is 3.53. The maximum absolute atomic E-state index is 14.5. The van der Waals surface area contributed by atoms with Crippen molar-refractivity contribution in [1.29, 1.82) is 0 Å². The number of aliphatic imine (C=N–C) groups is 1. The Bertz CT molecular complexity index is 1720.